The van der Waals surface area contributed by atoms with Crippen LogP contribution in [0.2, 0.25) is 0 Å². The van der Waals surface area contributed by atoms with Crippen molar-refractivity contribution in [1.29, 1.82) is 0 Å². The Bertz CT molecular complexity index is 349. The summed E-state index contributed by atoms with van der Waals surface area (Å²) in [5, 5.41) is 12.1. The second-order valence-electron chi connectivity index (χ2n) is 4.14. The summed E-state index contributed by atoms with van der Waals surface area (Å²) in [4.78, 5) is 10.6. The fraction of sp³-hybridized carbons (Fsp3) is 0.500. The molecule has 4 heteroatoms. The van der Waals surface area contributed by atoms with E-state index in [9.17, 15) is 4.79 Å². The summed E-state index contributed by atoms with van der Waals surface area (Å²) in [5.74, 6) is -0.190. The zero-order chi connectivity index (χ0) is 13.2. The molecule has 100 valence electrons. The van der Waals surface area contributed by atoms with Gasteiger partial charge in [-0.1, -0.05) is 6.92 Å². The van der Waals surface area contributed by atoms with Gasteiger partial charge in [0.1, 0.15) is 5.75 Å². The van der Waals surface area contributed by atoms with Gasteiger partial charge < -0.3 is 15.2 Å². The molecule has 2 N–H and O–H groups in total. The molecule has 0 aliphatic carbocycles. The minimum atomic E-state index is -0.913. The quantitative estimate of drug-likeness (QED) is 0.662. The van der Waals surface area contributed by atoms with E-state index in [1.807, 2.05) is 0 Å². The second-order valence-corrected chi connectivity index (χ2v) is 4.14. The van der Waals surface area contributed by atoms with Crippen LogP contribution < -0.4 is 10.1 Å². The highest BCUT2D eigenvalue weighted by Crippen LogP contribution is 2.12. The maximum atomic E-state index is 10.6. The molecule has 0 unspecified atom stereocenters. The number of ether oxygens (including phenoxy) is 1. The highest BCUT2D eigenvalue weighted by atomic mass is 16.5. The first-order valence-corrected chi connectivity index (χ1v) is 6.41. The van der Waals surface area contributed by atoms with Crippen LogP contribution in [-0.2, 0) is 0 Å². The molecule has 0 aliphatic rings. The molecule has 0 amide bonds. The van der Waals surface area contributed by atoms with Gasteiger partial charge in [-0.2, -0.15) is 0 Å². The summed E-state index contributed by atoms with van der Waals surface area (Å²) in [5.41, 5.74) is 0.283. The number of carbonyl (C=O) groups is 1. The van der Waals surface area contributed by atoms with Crippen LogP contribution in [0.1, 0.15) is 36.5 Å². The molecule has 0 fully saturated rings. The Labute approximate surface area is 108 Å². The number of hydrogen-bond donors (Lipinski definition) is 2. The molecule has 18 heavy (non-hydrogen) atoms. The van der Waals surface area contributed by atoms with E-state index in [0.29, 0.717) is 6.61 Å². The number of carboxylic acids is 1. The minimum Gasteiger partial charge on any atom is -0.494 e. The average molecular weight is 251 g/mol. The first kappa shape index (κ1) is 14.5. The molecule has 4 nitrogen and oxygen atoms in total. The fourth-order valence-corrected chi connectivity index (χ4v) is 1.54. The summed E-state index contributed by atoms with van der Waals surface area (Å²) in [6, 6.07) is 6.50. The van der Waals surface area contributed by atoms with Crippen molar-refractivity contribution in [3.8, 4) is 5.75 Å². The number of hydrogen-bond acceptors (Lipinski definition) is 3. The number of rotatable bonds is 9. The van der Waals surface area contributed by atoms with E-state index in [0.717, 1.165) is 38.1 Å². The van der Waals surface area contributed by atoms with Crippen LogP contribution in [0.5, 0.6) is 5.75 Å². The van der Waals surface area contributed by atoms with Gasteiger partial charge in [0.25, 0.3) is 0 Å². The number of aromatic carboxylic acids is 1. The van der Waals surface area contributed by atoms with Gasteiger partial charge >= 0.3 is 5.97 Å². The second kappa shape index (κ2) is 8.53. The number of benzene rings is 1. The standard InChI is InChI=1S/C14H21NO3/c1-2-9-15-10-3-4-11-18-13-7-5-12(6-8-13)14(16)17/h5-8,15H,2-4,9-11H2,1H3,(H,16,17). The van der Waals surface area contributed by atoms with E-state index in [1.54, 1.807) is 24.3 Å². The van der Waals surface area contributed by atoms with Crippen LogP contribution in [0.25, 0.3) is 0 Å². The molecule has 0 heterocycles. The molecule has 0 spiro atoms. The lowest BCUT2D eigenvalue weighted by Gasteiger charge is -2.06. The summed E-state index contributed by atoms with van der Waals surface area (Å²) in [7, 11) is 0. The fourth-order valence-electron chi connectivity index (χ4n) is 1.54. The Kier molecular flexibility index (Phi) is 6.87. The lowest BCUT2D eigenvalue weighted by molar-refractivity contribution is 0.0697. The SMILES string of the molecule is CCCNCCCCOc1ccc(C(=O)O)cc1. The zero-order valence-electron chi connectivity index (χ0n) is 10.8. The van der Waals surface area contributed by atoms with Crippen molar-refractivity contribution in [2.45, 2.75) is 26.2 Å². The van der Waals surface area contributed by atoms with E-state index in [2.05, 4.69) is 12.2 Å². The van der Waals surface area contributed by atoms with Crippen LogP contribution in [0.15, 0.2) is 24.3 Å². The Hall–Kier alpha value is -1.55. The van der Waals surface area contributed by atoms with Crippen LogP contribution in [0.4, 0.5) is 0 Å². The minimum absolute atomic E-state index is 0.283. The molecule has 0 saturated heterocycles. The third-order valence-corrected chi connectivity index (χ3v) is 2.54. The summed E-state index contributed by atoms with van der Waals surface area (Å²) >= 11 is 0. The van der Waals surface area contributed by atoms with Crippen LogP contribution in [-0.4, -0.2) is 30.8 Å². The lowest BCUT2D eigenvalue weighted by atomic mass is 10.2. The van der Waals surface area contributed by atoms with E-state index >= 15 is 0 Å². The van der Waals surface area contributed by atoms with Crippen molar-refractivity contribution in [3.05, 3.63) is 29.8 Å². The van der Waals surface area contributed by atoms with Crippen molar-refractivity contribution in [3.63, 3.8) is 0 Å². The summed E-state index contributed by atoms with van der Waals surface area (Å²) < 4.78 is 5.53. The molecule has 1 aromatic carbocycles. The molecule has 0 aliphatic heterocycles. The highest BCUT2D eigenvalue weighted by Gasteiger charge is 2.01. The van der Waals surface area contributed by atoms with Gasteiger partial charge in [0.15, 0.2) is 0 Å². The predicted octanol–water partition coefficient (Wildman–Crippen LogP) is 2.54. The van der Waals surface area contributed by atoms with E-state index < -0.39 is 5.97 Å². The smallest absolute Gasteiger partial charge is 0.335 e. The third kappa shape index (κ3) is 5.68. The van der Waals surface area contributed by atoms with Gasteiger partial charge in [-0.25, -0.2) is 4.79 Å². The van der Waals surface area contributed by atoms with E-state index in [-0.39, 0.29) is 5.56 Å². The summed E-state index contributed by atoms with van der Waals surface area (Å²) in [6.45, 7) is 4.91. The molecule has 0 atom stereocenters. The van der Waals surface area contributed by atoms with Gasteiger partial charge in [0, 0.05) is 0 Å². The normalized spacial score (nSPS) is 10.3. The largest absolute Gasteiger partial charge is 0.494 e. The Morgan fingerprint density at radius 2 is 1.94 bits per heavy atom. The van der Waals surface area contributed by atoms with Gasteiger partial charge in [-0.05, 0) is 56.6 Å². The monoisotopic (exact) mass is 251 g/mol. The van der Waals surface area contributed by atoms with Gasteiger partial charge in [-0.3, -0.25) is 0 Å². The third-order valence-electron chi connectivity index (χ3n) is 2.54. The van der Waals surface area contributed by atoms with E-state index in [4.69, 9.17) is 9.84 Å². The molecule has 0 bridgehead atoms. The topological polar surface area (TPSA) is 58.6 Å². The van der Waals surface area contributed by atoms with Crippen LogP contribution in [0.3, 0.4) is 0 Å². The predicted molar refractivity (Wildman–Crippen MR) is 71.3 cm³/mol. The first-order chi connectivity index (χ1) is 8.74. The van der Waals surface area contributed by atoms with Gasteiger partial charge in [0.05, 0.1) is 12.2 Å². The van der Waals surface area contributed by atoms with Crippen LogP contribution in [0, 0.1) is 0 Å². The zero-order valence-corrected chi connectivity index (χ0v) is 10.8. The van der Waals surface area contributed by atoms with Crippen molar-refractivity contribution in [1.82, 2.24) is 5.32 Å². The van der Waals surface area contributed by atoms with Crippen molar-refractivity contribution in [2.75, 3.05) is 19.7 Å². The Balaban J connectivity index is 2.14. The van der Waals surface area contributed by atoms with Crippen molar-refractivity contribution < 1.29 is 14.6 Å². The molecular weight excluding hydrogens is 230 g/mol. The van der Waals surface area contributed by atoms with Crippen molar-refractivity contribution in [2.24, 2.45) is 0 Å². The van der Waals surface area contributed by atoms with Gasteiger partial charge in [-0.15, -0.1) is 0 Å². The van der Waals surface area contributed by atoms with Crippen LogP contribution >= 0.6 is 0 Å². The Morgan fingerprint density at radius 1 is 1.22 bits per heavy atom. The number of carboxylic acid groups (broad SMARTS) is 1. The molecule has 1 rings (SSSR count). The van der Waals surface area contributed by atoms with Crippen molar-refractivity contribution >= 4 is 5.97 Å². The lowest BCUT2D eigenvalue weighted by Crippen LogP contribution is -2.16. The molecule has 0 radical (unpaired) electrons. The maximum Gasteiger partial charge on any atom is 0.335 e. The summed E-state index contributed by atoms with van der Waals surface area (Å²) in [6.07, 6.45) is 3.25. The van der Waals surface area contributed by atoms with E-state index in [1.165, 1.54) is 0 Å². The van der Waals surface area contributed by atoms with Gasteiger partial charge in [0.2, 0.25) is 0 Å². The molecule has 0 aromatic heterocycles. The first-order valence-electron chi connectivity index (χ1n) is 6.41. The molecule has 0 saturated carbocycles. The number of unbranched alkanes of at least 4 members (excludes halogenated alkanes) is 1. The Morgan fingerprint density at radius 3 is 2.56 bits per heavy atom. The highest BCUT2D eigenvalue weighted by molar-refractivity contribution is 5.87. The molecular formula is C14H21NO3. The molecule has 1 aromatic rings. The number of nitrogens with one attached hydrogen (secondary N) is 1. The maximum absolute atomic E-state index is 10.6. The average Bonchev–Trinajstić information content (AvgIpc) is 2.38.